The predicted molar refractivity (Wildman–Crippen MR) is 111 cm³/mol. The van der Waals surface area contributed by atoms with Crippen molar-refractivity contribution in [2.75, 3.05) is 7.05 Å². The van der Waals surface area contributed by atoms with Gasteiger partial charge in [-0.15, -0.1) is 0 Å². The Balaban J connectivity index is 1.90. The highest BCUT2D eigenvalue weighted by atomic mass is 19.4. The molecule has 2 aromatic carbocycles. The average molecular weight is 466 g/mol. The van der Waals surface area contributed by atoms with E-state index in [1.165, 1.54) is 55.7 Å². The standard InChI is InChI=1S/C22H16F6N4O/c1-30-19(10-18(29)22(26,27)28)32-20(33)13-7-6-12-8-14(11-31-17(12)9-13)15-4-2-3-5-16(15)21(23,24)25/h2-11,29-30H,1H3,(H,32,33)/b19-10+,29-18?. The van der Waals surface area contributed by atoms with E-state index in [2.05, 4.69) is 15.6 Å². The zero-order valence-electron chi connectivity index (χ0n) is 16.9. The number of fused-ring (bicyclic) bond motifs is 1. The monoisotopic (exact) mass is 466 g/mol. The number of carbonyl (C=O) groups excluding carboxylic acids is 1. The first-order valence-electron chi connectivity index (χ1n) is 9.33. The largest absolute Gasteiger partial charge is 0.432 e. The van der Waals surface area contributed by atoms with Crippen LogP contribution in [0.15, 0.2) is 66.6 Å². The van der Waals surface area contributed by atoms with Crippen molar-refractivity contribution in [1.82, 2.24) is 15.6 Å². The molecule has 0 bridgehead atoms. The third-order valence-corrected chi connectivity index (χ3v) is 4.60. The van der Waals surface area contributed by atoms with Crippen molar-refractivity contribution in [3.63, 3.8) is 0 Å². The van der Waals surface area contributed by atoms with Gasteiger partial charge >= 0.3 is 12.4 Å². The number of carbonyl (C=O) groups is 1. The first-order valence-corrected chi connectivity index (χ1v) is 9.33. The summed E-state index contributed by atoms with van der Waals surface area (Å²) in [5.74, 6) is -1.10. The lowest BCUT2D eigenvalue weighted by Crippen LogP contribution is -2.32. The van der Waals surface area contributed by atoms with Crippen LogP contribution in [0.3, 0.4) is 0 Å². The minimum atomic E-state index is -4.87. The van der Waals surface area contributed by atoms with E-state index in [9.17, 15) is 31.1 Å². The Morgan fingerprint density at radius 1 is 1.03 bits per heavy atom. The molecule has 1 heterocycles. The van der Waals surface area contributed by atoms with Crippen molar-refractivity contribution in [2.24, 2.45) is 0 Å². The van der Waals surface area contributed by atoms with Crippen LogP contribution in [0.1, 0.15) is 15.9 Å². The summed E-state index contributed by atoms with van der Waals surface area (Å²) < 4.78 is 77.6. The average Bonchev–Trinajstić information content (AvgIpc) is 2.76. The molecule has 0 spiro atoms. The molecule has 0 unspecified atom stereocenters. The van der Waals surface area contributed by atoms with Crippen LogP contribution in [0.2, 0.25) is 0 Å². The number of allylic oxidation sites excluding steroid dienone is 1. The molecule has 0 radical (unpaired) electrons. The summed E-state index contributed by atoms with van der Waals surface area (Å²) in [5.41, 5.74) is -1.92. The molecule has 3 aromatic rings. The van der Waals surface area contributed by atoms with Crippen molar-refractivity contribution in [1.29, 1.82) is 5.41 Å². The Hall–Kier alpha value is -3.89. The number of rotatable bonds is 5. The van der Waals surface area contributed by atoms with Crippen LogP contribution in [0.25, 0.3) is 22.0 Å². The third kappa shape index (κ3) is 5.48. The van der Waals surface area contributed by atoms with Crippen LogP contribution in [0.5, 0.6) is 0 Å². The molecule has 11 heteroatoms. The first-order chi connectivity index (χ1) is 15.4. The van der Waals surface area contributed by atoms with Gasteiger partial charge in [-0.3, -0.25) is 15.2 Å². The van der Waals surface area contributed by atoms with E-state index >= 15 is 0 Å². The van der Waals surface area contributed by atoms with E-state index in [1.807, 2.05) is 0 Å². The summed E-state index contributed by atoms with van der Waals surface area (Å²) in [6, 6.07) is 10.8. The molecule has 0 aliphatic rings. The van der Waals surface area contributed by atoms with E-state index < -0.39 is 29.5 Å². The van der Waals surface area contributed by atoms with Crippen molar-refractivity contribution in [3.8, 4) is 11.1 Å². The molecule has 3 rings (SSSR count). The normalized spacial score (nSPS) is 12.5. The predicted octanol–water partition coefficient (Wildman–Crippen LogP) is 5.29. The second kappa shape index (κ2) is 8.93. The fourth-order valence-corrected chi connectivity index (χ4v) is 2.98. The molecule has 0 aliphatic carbocycles. The van der Waals surface area contributed by atoms with Gasteiger partial charge in [-0.2, -0.15) is 26.3 Å². The van der Waals surface area contributed by atoms with Crippen molar-refractivity contribution >= 4 is 22.5 Å². The van der Waals surface area contributed by atoms with E-state index in [1.54, 1.807) is 0 Å². The summed E-state index contributed by atoms with van der Waals surface area (Å²) in [7, 11) is 1.28. The van der Waals surface area contributed by atoms with Gasteiger partial charge in [0, 0.05) is 35.8 Å². The Kier molecular flexibility index (Phi) is 6.43. The molecule has 1 aromatic heterocycles. The van der Waals surface area contributed by atoms with E-state index in [0.29, 0.717) is 17.0 Å². The van der Waals surface area contributed by atoms with Gasteiger partial charge in [-0.25, -0.2) is 0 Å². The molecule has 172 valence electrons. The number of hydrogen-bond acceptors (Lipinski definition) is 4. The van der Waals surface area contributed by atoms with Crippen LogP contribution < -0.4 is 10.6 Å². The topological polar surface area (TPSA) is 77.9 Å². The van der Waals surface area contributed by atoms with Crippen LogP contribution in [0.4, 0.5) is 26.3 Å². The summed E-state index contributed by atoms with van der Waals surface area (Å²) in [6.07, 6.45) is -7.74. The van der Waals surface area contributed by atoms with Crippen molar-refractivity contribution in [2.45, 2.75) is 12.4 Å². The lowest BCUT2D eigenvalue weighted by Gasteiger charge is -2.13. The SMILES string of the molecule is CN/C(=C\C(=N)C(F)(F)F)NC(=O)c1ccc2cc(-c3ccccc3C(F)(F)F)cnc2c1. The second-order valence-corrected chi connectivity index (χ2v) is 6.85. The Labute approximate surface area is 183 Å². The van der Waals surface area contributed by atoms with Crippen molar-refractivity contribution in [3.05, 3.63) is 77.8 Å². The zero-order chi connectivity index (χ0) is 24.4. The number of halogens is 6. The Bertz CT molecular complexity index is 1250. The molecule has 0 aliphatic heterocycles. The van der Waals surface area contributed by atoms with Gasteiger partial charge < -0.3 is 10.6 Å². The molecule has 0 atom stereocenters. The summed E-state index contributed by atoms with van der Waals surface area (Å²) in [6.45, 7) is 0. The van der Waals surface area contributed by atoms with Gasteiger partial charge in [0.2, 0.25) is 0 Å². The van der Waals surface area contributed by atoms with Crippen molar-refractivity contribution < 1.29 is 31.1 Å². The van der Waals surface area contributed by atoms with Crippen LogP contribution >= 0.6 is 0 Å². The highest BCUT2D eigenvalue weighted by Gasteiger charge is 2.34. The number of benzene rings is 2. The van der Waals surface area contributed by atoms with Gasteiger partial charge in [-0.05, 0) is 29.8 Å². The fourth-order valence-electron chi connectivity index (χ4n) is 2.98. The number of nitrogens with zero attached hydrogens (tertiary/aromatic N) is 1. The maximum absolute atomic E-state index is 13.3. The van der Waals surface area contributed by atoms with E-state index in [-0.39, 0.29) is 22.5 Å². The van der Waals surface area contributed by atoms with Crippen LogP contribution in [-0.4, -0.2) is 29.8 Å². The van der Waals surface area contributed by atoms with Crippen LogP contribution in [0, 0.1) is 5.41 Å². The van der Waals surface area contributed by atoms with Gasteiger partial charge in [0.15, 0.2) is 0 Å². The maximum Gasteiger partial charge on any atom is 0.432 e. The molecule has 0 saturated heterocycles. The summed E-state index contributed by atoms with van der Waals surface area (Å²) >= 11 is 0. The van der Waals surface area contributed by atoms with Gasteiger partial charge in [0.25, 0.3) is 5.91 Å². The number of hydrogen-bond donors (Lipinski definition) is 3. The molecule has 0 fully saturated rings. The Morgan fingerprint density at radius 2 is 1.73 bits per heavy atom. The van der Waals surface area contributed by atoms with Gasteiger partial charge in [-0.1, -0.05) is 24.3 Å². The maximum atomic E-state index is 13.3. The van der Waals surface area contributed by atoms with E-state index in [0.717, 1.165) is 6.07 Å². The zero-order valence-corrected chi connectivity index (χ0v) is 16.9. The minimum absolute atomic E-state index is 0.0443. The molecule has 1 amide bonds. The number of nitrogens with one attached hydrogen (secondary N) is 3. The fraction of sp³-hybridized carbons (Fsp3) is 0.136. The third-order valence-electron chi connectivity index (χ3n) is 4.60. The molecular formula is C22H16F6N4O. The summed E-state index contributed by atoms with van der Waals surface area (Å²) in [5, 5.41) is 12.1. The van der Waals surface area contributed by atoms with Gasteiger partial charge in [0.05, 0.1) is 11.1 Å². The second-order valence-electron chi connectivity index (χ2n) is 6.85. The molecule has 33 heavy (non-hydrogen) atoms. The molecule has 0 saturated carbocycles. The minimum Gasteiger partial charge on any atom is -0.375 e. The number of pyridine rings is 1. The lowest BCUT2D eigenvalue weighted by molar-refractivity contribution is -0.137. The number of aromatic nitrogens is 1. The molecule has 5 nitrogen and oxygen atoms in total. The summed E-state index contributed by atoms with van der Waals surface area (Å²) in [4.78, 5) is 16.6. The van der Waals surface area contributed by atoms with Gasteiger partial charge in [0.1, 0.15) is 11.5 Å². The lowest BCUT2D eigenvalue weighted by atomic mass is 9.99. The van der Waals surface area contributed by atoms with Crippen LogP contribution in [-0.2, 0) is 6.18 Å². The number of amides is 1. The highest BCUT2D eigenvalue weighted by molar-refractivity contribution is 6.01. The Morgan fingerprint density at radius 3 is 2.36 bits per heavy atom. The number of alkyl halides is 6. The molecule has 3 N–H and O–H groups in total. The molecular weight excluding hydrogens is 450 g/mol. The first kappa shape index (κ1) is 23.8. The quantitative estimate of drug-likeness (QED) is 0.353. The highest BCUT2D eigenvalue weighted by Crippen LogP contribution is 2.37. The van der Waals surface area contributed by atoms with E-state index in [4.69, 9.17) is 5.41 Å². The smallest absolute Gasteiger partial charge is 0.375 e.